The van der Waals surface area contributed by atoms with Crippen molar-refractivity contribution in [1.82, 2.24) is 4.90 Å². The van der Waals surface area contributed by atoms with Gasteiger partial charge in [0.05, 0.1) is 0 Å². The summed E-state index contributed by atoms with van der Waals surface area (Å²) < 4.78 is 0. The van der Waals surface area contributed by atoms with E-state index in [2.05, 4.69) is 31.7 Å². The summed E-state index contributed by atoms with van der Waals surface area (Å²) in [4.78, 5) is 2.60. The molecule has 0 aromatic heterocycles. The fourth-order valence-corrected chi connectivity index (χ4v) is 3.02. The number of hydrogen-bond donors (Lipinski definition) is 2. The minimum Gasteiger partial charge on any atom is -0.384 e. The first-order valence-electron chi connectivity index (χ1n) is 7.18. The summed E-state index contributed by atoms with van der Waals surface area (Å²) in [5.41, 5.74) is 8.94. The molecule has 0 aliphatic carbocycles. The summed E-state index contributed by atoms with van der Waals surface area (Å²) >= 11 is 0. The quantitative estimate of drug-likeness (QED) is 0.647. The number of nitrogens with zero attached hydrogens (tertiary/aromatic N) is 1. The Labute approximate surface area is 116 Å². The maximum atomic E-state index is 7.49. The fourth-order valence-electron chi connectivity index (χ4n) is 3.02. The van der Waals surface area contributed by atoms with E-state index in [4.69, 9.17) is 11.1 Å². The number of amidine groups is 1. The van der Waals surface area contributed by atoms with E-state index < -0.39 is 0 Å². The van der Waals surface area contributed by atoms with Gasteiger partial charge in [0.1, 0.15) is 5.84 Å². The Morgan fingerprint density at radius 2 is 1.95 bits per heavy atom. The molecule has 2 unspecified atom stereocenters. The Balaban J connectivity index is 2.16. The number of rotatable bonds is 3. The molecular formula is C16H25N3. The van der Waals surface area contributed by atoms with E-state index in [0.29, 0.717) is 12.1 Å². The largest absolute Gasteiger partial charge is 0.384 e. The van der Waals surface area contributed by atoms with Crippen molar-refractivity contribution >= 4 is 5.84 Å². The standard InChI is InChI=1S/C16H25N3/c1-11-9-14(16(17)18)7-8-15(11)10-19-12(2)5-4-6-13(19)3/h7-9,12-13H,4-6,10H2,1-3H3,(H3,17,18). The predicted molar refractivity (Wildman–Crippen MR) is 80.5 cm³/mol. The molecule has 1 fully saturated rings. The van der Waals surface area contributed by atoms with Gasteiger partial charge in [0.25, 0.3) is 0 Å². The van der Waals surface area contributed by atoms with Crippen LogP contribution < -0.4 is 5.73 Å². The van der Waals surface area contributed by atoms with E-state index in [0.717, 1.165) is 12.1 Å². The summed E-state index contributed by atoms with van der Waals surface area (Å²) in [7, 11) is 0. The van der Waals surface area contributed by atoms with Gasteiger partial charge in [-0.1, -0.05) is 18.6 Å². The highest BCUT2D eigenvalue weighted by molar-refractivity contribution is 5.95. The van der Waals surface area contributed by atoms with E-state index in [9.17, 15) is 0 Å². The van der Waals surface area contributed by atoms with Gasteiger partial charge in [0, 0.05) is 24.2 Å². The number of aryl methyl sites for hydroxylation is 1. The lowest BCUT2D eigenvalue weighted by atomic mass is 9.95. The third-order valence-electron chi connectivity index (χ3n) is 4.38. The van der Waals surface area contributed by atoms with Gasteiger partial charge in [-0.15, -0.1) is 0 Å². The molecule has 1 aliphatic heterocycles. The van der Waals surface area contributed by atoms with Crippen LogP contribution in [-0.2, 0) is 6.54 Å². The lowest BCUT2D eigenvalue weighted by molar-refractivity contribution is 0.0951. The van der Waals surface area contributed by atoms with Gasteiger partial charge in [0.15, 0.2) is 0 Å². The molecule has 3 N–H and O–H groups in total. The van der Waals surface area contributed by atoms with E-state index in [1.165, 1.54) is 30.4 Å². The third-order valence-corrected chi connectivity index (χ3v) is 4.38. The minimum atomic E-state index is 0.148. The zero-order chi connectivity index (χ0) is 14.0. The van der Waals surface area contributed by atoms with Crippen LogP contribution in [-0.4, -0.2) is 22.8 Å². The molecule has 3 nitrogen and oxygen atoms in total. The summed E-state index contributed by atoms with van der Waals surface area (Å²) in [5.74, 6) is 0.148. The molecule has 2 rings (SSSR count). The first-order chi connectivity index (χ1) is 8.99. The zero-order valence-corrected chi connectivity index (χ0v) is 12.2. The molecule has 0 bridgehead atoms. The molecule has 19 heavy (non-hydrogen) atoms. The van der Waals surface area contributed by atoms with Crippen LogP contribution in [0.4, 0.5) is 0 Å². The maximum Gasteiger partial charge on any atom is 0.122 e. The molecule has 2 atom stereocenters. The van der Waals surface area contributed by atoms with Gasteiger partial charge in [-0.25, -0.2) is 0 Å². The van der Waals surface area contributed by atoms with Gasteiger partial charge in [0.2, 0.25) is 0 Å². The number of nitrogens with two attached hydrogens (primary N) is 1. The zero-order valence-electron chi connectivity index (χ0n) is 12.2. The lowest BCUT2D eigenvalue weighted by Crippen LogP contribution is -2.43. The van der Waals surface area contributed by atoms with Crippen molar-refractivity contribution in [2.24, 2.45) is 5.73 Å². The van der Waals surface area contributed by atoms with E-state index in [1.807, 2.05) is 12.1 Å². The summed E-state index contributed by atoms with van der Waals surface area (Å²) in [5, 5.41) is 7.49. The van der Waals surface area contributed by atoms with Crippen LogP contribution in [0.5, 0.6) is 0 Å². The Hall–Kier alpha value is -1.35. The first kappa shape index (κ1) is 14.1. The fraction of sp³-hybridized carbons (Fsp3) is 0.562. The van der Waals surface area contributed by atoms with E-state index in [-0.39, 0.29) is 5.84 Å². The Morgan fingerprint density at radius 1 is 1.32 bits per heavy atom. The molecule has 1 aliphatic rings. The molecular weight excluding hydrogens is 234 g/mol. The van der Waals surface area contributed by atoms with Crippen molar-refractivity contribution in [2.45, 2.75) is 58.7 Å². The van der Waals surface area contributed by atoms with Crippen molar-refractivity contribution < 1.29 is 0 Å². The molecule has 0 radical (unpaired) electrons. The molecule has 104 valence electrons. The van der Waals surface area contributed by atoms with Crippen molar-refractivity contribution in [2.75, 3.05) is 0 Å². The summed E-state index contributed by atoms with van der Waals surface area (Å²) in [6, 6.07) is 7.44. The average molecular weight is 259 g/mol. The Morgan fingerprint density at radius 3 is 2.47 bits per heavy atom. The van der Waals surface area contributed by atoms with Crippen molar-refractivity contribution in [1.29, 1.82) is 5.41 Å². The molecule has 1 saturated heterocycles. The van der Waals surface area contributed by atoms with Crippen LogP contribution in [0.25, 0.3) is 0 Å². The van der Waals surface area contributed by atoms with E-state index in [1.54, 1.807) is 0 Å². The van der Waals surface area contributed by atoms with Crippen molar-refractivity contribution in [3.63, 3.8) is 0 Å². The highest BCUT2D eigenvalue weighted by Gasteiger charge is 2.24. The topological polar surface area (TPSA) is 53.1 Å². The van der Waals surface area contributed by atoms with Crippen LogP contribution in [0.1, 0.15) is 49.8 Å². The van der Waals surface area contributed by atoms with Crippen LogP contribution in [0, 0.1) is 12.3 Å². The number of nitrogens with one attached hydrogen (secondary N) is 1. The predicted octanol–water partition coefficient (Wildman–Crippen LogP) is 3.04. The Kier molecular flexibility index (Phi) is 4.25. The molecule has 1 aromatic rings. The van der Waals surface area contributed by atoms with Gasteiger partial charge in [-0.05, 0) is 50.8 Å². The second kappa shape index (κ2) is 5.74. The van der Waals surface area contributed by atoms with Crippen molar-refractivity contribution in [3.8, 4) is 0 Å². The average Bonchev–Trinajstić information content (AvgIpc) is 2.35. The van der Waals surface area contributed by atoms with Crippen LogP contribution >= 0.6 is 0 Å². The van der Waals surface area contributed by atoms with Crippen molar-refractivity contribution in [3.05, 3.63) is 34.9 Å². The number of benzene rings is 1. The first-order valence-corrected chi connectivity index (χ1v) is 7.18. The van der Waals surface area contributed by atoms with E-state index >= 15 is 0 Å². The third kappa shape index (κ3) is 3.16. The monoisotopic (exact) mass is 259 g/mol. The summed E-state index contributed by atoms with van der Waals surface area (Å²) in [6.07, 6.45) is 3.95. The Bertz CT molecular complexity index is 457. The van der Waals surface area contributed by atoms with Crippen LogP contribution in [0.2, 0.25) is 0 Å². The molecule has 0 amide bonds. The number of nitrogen functional groups attached to an aromatic ring is 1. The molecule has 1 heterocycles. The molecule has 1 aromatic carbocycles. The number of piperidine rings is 1. The number of likely N-dealkylation sites (tertiary alicyclic amines) is 1. The maximum absolute atomic E-state index is 7.49. The SMILES string of the molecule is Cc1cc(C(=N)N)ccc1CN1C(C)CCCC1C. The lowest BCUT2D eigenvalue weighted by Gasteiger charge is -2.39. The van der Waals surface area contributed by atoms with Crippen LogP contribution in [0.15, 0.2) is 18.2 Å². The van der Waals surface area contributed by atoms with Gasteiger partial charge >= 0.3 is 0 Å². The molecule has 3 heteroatoms. The minimum absolute atomic E-state index is 0.148. The van der Waals surface area contributed by atoms with Gasteiger partial charge in [-0.2, -0.15) is 0 Å². The highest BCUT2D eigenvalue weighted by Crippen LogP contribution is 2.25. The highest BCUT2D eigenvalue weighted by atomic mass is 15.2. The van der Waals surface area contributed by atoms with Gasteiger partial charge in [-0.3, -0.25) is 10.3 Å². The normalized spacial score (nSPS) is 24.4. The number of hydrogen-bond acceptors (Lipinski definition) is 2. The smallest absolute Gasteiger partial charge is 0.122 e. The summed E-state index contributed by atoms with van der Waals surface area (Å²) in [6.45, 7) is 7.78. The molecule has 0 spiro atoms. The van der Waals surface area contributed by atoms with Crippen LogP contribution in [0.3, 0.4) is 0 Å². The second-order valence-electron chi connectivity index (χ2n) is 5.86. The second-order valence-corrected chi connectivity index (χ2v) is 5.86. The molecule has 0 saturated carbocycles. The van der Waals surface area contributed by atoms with Gasteiger partial charge < -0.3 is 5.73 Å².